The topological polar surface area (TPSA) is 33.5 Å². The maximum absolute atomic E-state index is 11.9. The predicted octanol–water partition coefficient (Wildman–Crippen LogP) is 0.404. The first-order chi connectivity index (χ1) is 8.25. The maximum Gasteiger partial charge on any atom is 0.251 e. The molecule has 1 saturated heterocycles. The van der Waals surface area contributed by atoms with Gasteiger partial charge in [0.15, 0.2) is 0 Å². The smallest absolute Gasteiger partial charge is 0.251 e. The Morgan fingerprint density at radius 1 is 1.35 bits per heavy atom. The zero-order chi connectivity index (χ0) is 12.1. The Bertz CT molecular complexity index is 384. The molecule has 1 fully saturated rings. The predicted molar refractivity (Wildman–Crippen MR) is 68.3 cm³/mol. The molecule has 92 valence electrons. The molecule has 2 rings (SSSR count). The van der Waals surface area contributed by atoms with Crippen molar-refractivity contribution in [3.05, 3.63) is 35.4 Å². The van der Waals surface area contributed by atoms with Crippen LogP contribution in [0.25, 0.3) is 0 Å². The lowest BCUT2D eigenvalue weighted by Crippen LogP contribution is -3.10. The Morgan fingerprint density at radius 3 is 2.82 bits per heavy atom. The van der Waals surface area contributed by atoms with Gasteiger partial charge in [0.25, 0.3) is 5.91 Å². The molecule has 3 heteroatoms. The van der Waals surface area contributed by atoms with E-state index >= 15 is 0 Å². The van der Waals surface area contributed by atoms with Crippen molar-refractivity contribution < 1.29 is 9.69 Å². The Labute approximate surface area is 103 Å². The Hall–Kier alpha value is -1.35. The number of rotatable bonds is 4. The lowest BCUT2D eigenvalue weighted by Gasteiger charge is -2.12. The van der Waals surface area contributed by atoms with Crippen molar-refractivity contribution in [2.24, 2.45) is 0 Å². The van der Waals surface area contributed by atoms with E-state index in [-0.39, 0.29) is 5.91 Å². The molecule has 3 nitrogen and oxygen atoms in total. The van der Waals surface area contributed by atoms with Crippen molar-refractivity contribution in [2.45, 2.75) is 19.8 Å². The van der Waals surface area contributed by atoms with Crippen LogP contribution < -0.4 is 10.2 Å². The maximum atomic E-state index is 11.9. The second kappa shape index (κ2) is 5.82. The van der Waals surface area contributed by atoms with Gasteiger partial charge >= 0.3 is 0 Å². The summed E-state index contributed by atoms with van der Waals surface area (Å²) in [5.74, 6) is 0.0484. The quantitative estimate of drug-likeness (QED) is 0.775. The summed E-state index contributed by atoms with van der Waals surface area (Å²) in [5, 5.41) is 2.99. The molecule has 1 heterocycles. The number of likely N-dealkylation sites (tertiary alicyclic amines) is 1. The van der Waals surface area contributed by atoms with Gasteiger partial charge in [-0.3, -0.25) is 4.79 Å². The van der Waals surface area contributed by atoms with Gasteiger partial charge in [0.1, 0.15) is 0 Å². The molecule has 17 heavy (non-hydrogen) atoms. The molecule has 0 spiro atoms. The summed E-state index contributed by atoms with van der Waals surface area (Å²) < 4.78 is 0. The number of hydrogen-bond donors (Lipinski definition) is 2. The summed E-state index contributed by atoms with van der Waals surface area (Å²) in [4.78, 5) is 13.5. The Balaban J connectivity index is 1.77. The van der Waals surface area contributed by atoms with E-state index in [4.69, 9.17) is 0 Å². The van der Waals surface area contributed by atoms with E-state index in [2.05, 4.69) is 5.32 Å². The fourth-order valence-electron chi connectivity index (χ4n) is 2.37. The average molecular weight is 233 g/mol. The van der Waals surface area contributed by atoms with E-state index in [0.717, 1.165) is 24.2 Å². The first-order valence-corrected chi connectivity index (χ1v) is 6.44. The van der Waals surface area contributed by atoms with E-state index in [9.17, 15) is 4.79 Å². The third kappa shape index (κ3) is 3.56. The number of amides is 1. The minimum absolute atomic E-state index is 0.0484. The summed E-state index contributed by atoms with van der Waals surface area (Å²) in [6.45, 7) is 6.37. The zero-order valence-corrected chi connectivity index (χ0v) is 10.5. The van der Waals surface area contributed by atoms with Gasteiger partial charge in [-0.2, -0.15) is 0 Å². The van der Waals surface area contributed by atoms with Crippen molar-refractivity contribution in [1.82, 2.24) is 5.32 Å². The minimum atomic E-state index is 0.0484. The Kier molecular flexibility index (Phi) is 4.15. The van der Waals surface area contributed by atoms with Gasteiger partial charge in [0.05, 0.1) is 26.2 Å². The molecule has 0 aromatic heterocycles. The number of aryl methyl sites for hydroxylation is 1. The molecular weight excluding hydrogens is 212 g/mol. The molecule has 0 aliphatic carbocycles. The average Bonchev–Trinajstić information content (AvgIpc) is 2.82. The van der Waals surface area contributed by atoms with Gasteiger partial charge in [-0.15, -0.1) is 0 Å². The van der Waals surface area contributed by atoms with Crippen molar-refractivity contribution >= 4 is 5.91 Å². The minimum Gasteiger partial charge on any atom is -0.346 e. The molecule has 1 aliphatic heterocycles. The fraction of sp³-hybridized carbons (Fsp3) is 0.500. The van der Waals surface area contributed by atoms with Crippen molar-refractivity contribution in [3.63, 3.8) is 0 Å². The van der Waals surface area contributed by atoms with Gasteiger partial charge in [-0.1, -0.05) is 17.7 Å². The molecule has 1 aliphatic rings. The number of hydrogen-bond acceptors (Lipinski definition) is 1. The normalized spacial score (nSPS) is 16.1. The van der Waals surface area contributed by atoms with Crippen LogP contribution in [-0.2, 0) is 0 Å². The molecule has 0 atom stereocenters. The van der Waals surface area contributed by atoms with Crippen LogP contribution in [0.2, 0.25) is 0 Å². The van der Waals surface area contributed by atoms with Crippen LogP contribution in [0, 0.1) is 6.92 Å². The Morgan fingerprint density at radius 2 is 2.12 bits per heavy atom. The summed E-state index contributed by atoms with van der Waals surface area (Å²) >= 11 is 0. The van der Waals surface area contributed by atoms with Gasteiger partial charge in [-0.05, 0) is 19.1 Å². The highest BCUT2D eigenvalue weighted by molar-refractivity contribution is 5.94. The highest BCUT2D eigenvalue weighted by Crippen LogP contribution is 2.03. The summed E-state index contributed by atoms with van der Waals surface area (Å²) in [7, 11) is 0. The van der Waals surface area contributed by atoms with E-state index < -0.39 is 0 Å². The summed E-state index contributed by atoms with van der Waals surface area (Å²) in [6.07, 6.45) is 2.67. The number of quaternary nitrogens is 1. The standard InChI is InChI=1S/C14H20N2O/c1-12-5-4-6-13(11-12)14(17)15-7-10-16-8-2-3-9-16/h4-6,11H,2-3,7-10H2,1H3,(H,15,17)/p+1. The highest BCUT2D eigenvalue weighted by atomic mass is 16.1. The zero-order valence-electron chi connectivity index (χ0n) is 10.5. The SMILES string of the molecule is Cc1cccc(C(=O)NCC[NH+]2CCCC2)c1. The van der Waals surface area contributed by atoms with E-state index in [1.165, 1.54) is 25.9 Å². The lowest BCUT2D eigenvalue weighted by atomic mass is 10.1. The van der Waals surface area contributed by atoms with Crippen LogP contribution in [0.3, 0.4) is 0 Å². The molecule has 2 N–H and O–H groups in total. The van der Waals surface area contributed by atoms with E-state index in [1.807, 2.05) is 31.2 Å². The third-order valence-electron chi connectivity index (χ3n) is 3.36. The van der Waals surface area contributed by atoms with Crippen molar-refractivity contribution in [2.75, 3.05) is 26.2 Å². The molecule has 0 bridgehead atoms. The van der Waals surface area contributed by atoms with Gasteiger partial charge in [-0.25, -0.2) is 0 Å². The monoisotopic (exact) mass is 233 g/mol. The fourth-order valence-corrected chi connectivity index (χ4v) is 2.37. The van der Waals surface area contributed by atoms with Crippen LogP contribution in [0.5, 0.6) is 0 Å². The van der Waals surface area contributed by atoms with Gasteiger partial charge in [0, 0.05) is 18.4 Å². The number of carbonyl (C=O) groups excluding carboxylic acids is 1. The van der Waals surface area contributed by atoms with Gasteiger partial charge in [0.2, 0.25) is 0 Å². The van der Waals surface area contributed by atoms with Crippen molar-refractivity contribution in [3.8, 4) is 0 Å². The molecular formula is C14H21N2O+. The van der Waals surface area contributed by atoms with Crippen LogP contribution in [-0.4, -0.2) is 32.1 Å². The molecule has 0 radical (unpaired) electrons. The number of benzene rings is 1. The summed E-state index contributed by atoms with van der Waals surface area (Å²) in [5.41, 5.74) is 1.89. The third-order valence-corrected chi connectivity index (χ3v) is 3.36. The van der Waals surface area contributed by atoms with Crippen LogP contribution in [0.15, 0.2) is 24.3 Å². The van der Waals surface area contributed by atoms with Crippen LogP contribution in [0.4, 0.5) is 0 Å². The van der Waals surface area contributed by atoms with Gasteiger partial charge < -0.3 is 10.2 Å². The van der Waals surface area contributed by atoms with E-state index in [1.54, 1.807) is 4.90 Å². The summed E-state index contributed by atoms with van der Waals surface area (Å²) in [6, 6.07) is 7.73. The second-order valence-electron chi connectivity index (χ2n) is 4.83. The van der Waals surface area contributed by atoms with Crippen molar-refractivity contribution in [1.29, 1.82) is 0 Å². The second-order valence-corrected chi connectivity index (χ2v) is 4.83. The largest absolute Gasteiger partial charge is 0.346 e. The van der Waals surface area contributed by atoms with E-state index in [0.29, 0.717) is 0 Å². The number of nitrogens with one attached hydrogen (secondary N) is 2. The molecule has 1 aromatic carbocycles. The molecule has 1 aromatic rings. The lowest BCUT2D eigenvalue weighted by molar-refractivity contribution is -0.886. The number of carbonyl (C=O) groups is 1. The molecule has 0 unspecified atom stereocenters. The highest BCUT2D eigenvalue weighted by Gasteiger charge is 2.14. The molecule has 0 saturated carbocycles. The molecule has 1 amide bonds. The first kappa shape index (κ1) is 12.1. The van der Waals surface area contributed by atoms with Crippen LogP contribution in [0.1, 0.15) is 28.8 Å². The first-order valence-electron chi connectivity index (χ1n) is 6.44. The van der Waals surface area contributed by atoms with Crippen LogP contribution >= 0.6 is 0 Å².